The first-order chi connectivity index (χ1) is 6.49. The summed E-state index contributed by atoms with van der Waals surface area (Å²) in [6, 6.07) is -0.233. The quantitative estimate of drug-likeness (QED) is 0.616. The third-order valence-electron chi connectivity index (χ3n) is 2.55. The van der Waals surface area contributed by atoms with Crippen LogP contribution in [0, 0.1) is 0 Å². The Kier molecular flexibility index (Phi) is 3.85. The van der Waals surface area contributed by atoms with Crippen LogP contribution in [-0.2, 0) is 14.9 Å². The molecule has 0 radical (unpaired) electrons. The molecule has 2 unspecified atom stereocenters. The summed E-state index contributed by atoms with van der Waals surface area (Å²) in [5, 5.41) is 5.06. The van der Waals surface area contributed by atoms with E-state index in [2.05, 4.69) is 0 Å². The number of nitrogens with zero attached hydrogens (tertiary/aromatic N) is 1. The average Bonchev–Trinajstić information content (AvgIpc) is 2.15. The number of rotatable bonds is 3. The van der Waals surface area contributed by atoms with Crippen molar-refractivity contribution in [3.8, 4) is 0 Å². The molecule has 0 amide bonds. The van der Waals surface area contributed by atoms with Crippen molar-refractivity contribution in [3.63, 3.8) is 0 Å². The van der Waals surface area contributed by atoms with Crippen LogP contribution in [0.4, 0.5) is 0 Å². The second-order valence-electron chi connectivity index (χ2n) is 3.43. The molecule has 0 aliphatic carbocycles. The molecule has 7 heteroatoms. The molecule has 4 N–H and O–H groups in total. The zero-order valence-electron chi connectivity index (χ0n) is 8.22. The van der Waals surface area contributed by atoms with Crippen molar-refractivity contribution in [2.24, 2.45) is 10.9 Å². The summed E-state index contributed by atoms with van der Waals surface area (Å²) in [5.41, 5.74) is 5.49. The fraction of sp³-hybridized carbons (Fsp3) is 1.00. The van der Waals surface area contributed by atoms with Crippen LogP contribution in [0.25, 0.3) is 0 Å². The molecule has 1 rings (SSSR count). The number of nitrogens with two attached hydrogens (primary N) is 2. The predicted molar refractivity (Wildman–Crippen MR) is 52.7 cm³/mol. The monoisotopic (exact) mass is 223 g/mol. The van der Waals surface area contributed by atoms with Crippen molar-refractivity contribution >= 4 is 10.2 Å². The van der Waals surface area contributed by atoms with E-state index in [1.54, 1.807) is 7.11 Å². The SMILES string of the molecule is COC1CCN(S(N)(=O)=O)C(CN)C1. The molecule has 1 fully saturated rings. The van der Waals surface area contributed by atoms with Crippen molar-refractivity contribution < 1.29 is 13.2 Å². The van der Waals surface area contributed by atoms with Crippen LogP contribution < -0.4 is 10.9 Å². The van der Waals surface area contributed by atoms with E-state index in [1.807, 2.05) is 0 Å². The van der Waals surface area contributed by atoms with Gasteiger partial charge in [0, 0.05) is 26.2 Å². The highest BCUT2D eigenvalue weighted by Crippen LogP contribution is 2.20. The van der Waals surface area contributed by atoms with Gasteiger partial charge in [0.05, 0.1) is 6.10 Å². The van der Waals surface area contributed by atoms with Gasteiger partial charge >= 0.3 is 0 Å². The van der Waals surface area contributed by atoms with Gasteiger partial charge in [-0.25, -0.2) is 5.14 Å². The molecule has 0 aromatic heterocycles. The van der Waals surface area contributed by atoms with E-state index in [9.17, 15) is 8.42 Å². The lowest BCUT2D eigenvalue weighted by Crippen LogP contribution is -2.53. The van der Waals surface area contributed by atoms with Gasteiger partial charge in [-0.05, 0) is 12.8 Å². The van der Waals surface area contributed by atoms with Gasteiger partial charge in [-0.1, -0.05) is 0 Å². The summed E-state index contributed by atoms with van der Waals surface area (Å²) in [4.78, 5) is 0. The fourth-order valence-electron chi connectivity index (χ4n) is 1.76. The largest absolute Gasteiger partial charge is 0.381 e. The van der Waals surface area contributed by atoms with E-state index in [1.165, 1.54) is 4.31 Å². The lowest BCUT2D eigenvalue weighted by molar-refractivity contribution is 0.0402. The number of methoxy groups -OCH3 is 1. The maximum absolute atomic E-state index is 11.2. The lowest BCUT2D eigenvalue weighted by atomic mass is 10.0. The Balaban J connectivity index is 2.71. The van der Waals surface area contributed by atoms with Gasteiger partial charge in [-0.15, -0.1) is 0 Å². The third kappa shape index (κ3) is 2.64. The van der Waals surface area contributed by atoms with Gasteiger partial charge < -0.3 is 10.5 Å². The summed E-state index contributed by atoms with van der Waals surface area (Å²) < 4.78 is 28.7. The number of hydrogen-bond donors (Lipinski definition) is 2. The normalized spacial score (nSPS) is 30.5. The molecule has 1 heterocycles. The number of piperidine rings is 1. The summed E-state index contributed by atoms with van der Waals surface area (Å²) in [6.45, 7) is 0.662. The Hall–Kier alpha value is -0.210. The van der Waals surface area contributed by atoms with Crippen LogP contribution in [0.2, 0.25) is 0 Å². The van der Waals surface area contributed by atoms with Crippen LogP contribution in [-0.4, -0.2) is 45.1 Å². The fourth-order valence-corrected chi connectivity index (χ4v) is 2.70. The molecule has 14 heavy (non-hydrogen) atoms. The topological polar surface area (TPSA) is 98.6 Å². The summed E-state index contributed by atoms with van der Waals surface area (Å²) >= 11 is 0. The van der Waals surface area contributed by atoms with Crippen LogP contribution in [0.3, 0.4) is 0 Å². The summed E-state index contributed by atoms with van der Waals surface area (Å²) in [5.74, 6) is 0. The Morgan fingerprint density at radius 1 is 1.57 bits per heavy atom. The molecule has 0 aromatic carbocycles. The van der Waals surface area contributed by atoms with E-state index < -0.39 is 10.2 Å². The highest BCUT2D eigenvalue weighted by Gasteiger charge is 2.33. The van der Waals surface area contributed by atoms with Crippen molar-refractivity contribution in [1.82, 2.24) is 4.31 Å². The van der Waals surface area contributed by atoms with Crippen molar-refractivity contribution in [2.75, 3.05) is 20.2 Å². The molecule has 2 atom stereocenters. The molecular formula is C7H17N3O3S. The molecule has 6 nitrogen and oxygen atoms in total. The van der Waals surface area contributed by atoms with Crippen molar-refractivity contribution in [3.05, 3.63) is 0 Å². The van der Waals surface area contributed by atoms with Crippen LogP contribution >= 0.6 is 0 Å². The highest BCUT2D eigenvalue weighted by atomic mass is 32.2. The molecule has 1 aliphatic rings. The summed E-state index contributed by atoms with van der Waals surface area (Å²) in [7, 11) is -2.01. The molecule has 1 aliphatic heterocycles. The first-order valence-corrected chi connectivity index (χ1v) is 6.01. The standard InChI is InChI=1S/C7H17N3O3S/c1-13-7-2-3-10(14(9,11)12)6(4-7)5-8/h6-7H,2-5,8H2,1H3,(H2,9,11,12). The maximum atomic E-state index is 11.2. The van der Waals surface area contributed by atoms with Gasteiger partial charge in [0.1, 0.15) is 0 Å². The van der Waals surface area contributed by atoms with E-state index in [-0.39, 0.29) is 18.7 Å². The minimum absolute atomic E-state index is 0.0848. The van der Waals surface area contributed by atoms with Gasteiger partial charge in [0.2, 0.25) is 0 Å². The smallest absolute Gasteiger partial charge is 0.277 e. The van der Waals surface area contributed by atoms with Crippen LogP contribution in [0.15, 0.2) is 0 Å². The van der Waals surface area contributed by atoms with E-state index in [0.717, 1.165) is 0 Å². The highest BCUT2D eigenvalue weighted by molar-refractivity contribution is 7.86. The Morgan fingerprint density at radius 2 is 2.21 bits per heavy atom. The molecule has 0 bridgehead atoms. The Morgan fingerprint density at radius 3 is 2.64 bits per heavy atom. The number of hydrogen-bond acceptors (Lipinski definition) is 4. The first-order valence-electron chi connectivity index (χ1n) is 4.51. The van der Waals surface area contributed by atoms with E-state index in [0.29, 0.717) is 19.4 Å². The van der Waals surface area contributed by atoms with Crippen molar-refractivity contribution in [1.29, 1.82) is 0 Å². The average molecular weight is 223 g/mol. The Bertz CT molecular complexity index is 280. The van der Waals surface area contributed by atoms with Gasteiger partial charge in [0.25, 0.3) is 10.2 Å². The minimum Gasteiger partial charge on any atom is -0.381 e. The van der Waals surface area contributed by atoms with Gasteiger partial charge in [0.15, 0.2) is 0 Å². The zero-order chi connectivity index (χ0) is 10.8. The van der Waals surface area contributed by atoms with Crippen LogP contribution in [0.5, 0.6) is 0 Å². The minimum atomic E-state index is -3.62. The van der Waals surface area contributed by atoms with Crippen molar-refractivity contribution in [2.45, 2.75) is 25.0 Å². The Labute approximate surface area is 84.4 Å². The lowest BCUT2D eigenvalue weighted by Gasteiger charge is -2.36. The predicted octanol–water partition coefficient (Wildman–Crippen LogP) is -1.37. The number of ether oxygens (including phenoxy) is 1. The van der Waals surface area contributed by atoms with E-state index >= 15 is 0 Å². The molecule has 0 aromatic rings. The van der Waals surface area contributed by atoms with Gasteiger partial charge in [-0.2, -0.15) is 12.7 Å². The first kappa shape index (κ1) is 11.9. The zero-order valence-corrected chi connectivity index (χ0v) is 9.03. The molecule has 84 valence electrons. The third-order valence-corrected chi connectivity index (χ3v) is 3.68. The second-order valence-corrected chi connectivity index (χ2v) is 4.93. The molecule has 0 spiro atoms. The molecule has 1 saturated heterocycles. The summed E-state index contributed by atoms with van der Waals surface area (Å²) in [6.07, 6.45) is 1.37. The van der Waals surface area contributed by atoms with Crippen LogP contribution in [0.1, 0.15) is 12.8 Å². The van der Waals surface area contributed by atoms with E-state index in [4.69, 9.17) is 15.6 Å². The van der Waals surface area contributed by atoms with Gasteiger partial charge in [-0.3, -0.25) is 0 Å². The molecule has 0 saturated carbocycles. The second kappa shape index (κ2) is 4.54. The molecular weight excluding hydrogens is 206 g/mol. The maximum Gasteiger partial charge on any atom is 0.277 e.